The summed E-state index contributed by atoms with van der Waals surface area (Å²) in [5.41, 5.74) is 2.87. The number of hydrogen-bond donors (Lipinski definition) is 1. The molecule has 0 saturated heterocycles. The minimum absolute atomic E-state index is 0.102. The van der Waals surface area contributed by atoms with Crippen LogP contribution >= 0.6 is 0 Å². The van der Waals surface area contributed by atoms with E-state index in [1.165, 1.54) is 35.0 Å². The Labute approximate surface area is 180 Å². The summed E-state index contributed by atoms with van der Waals surface area (Å²) in [6, 6.07) is 12.1. The zero-order valence-electron chi connectivity index (χ0n) is 17.7. The summed E-state index contributed by atoms with van der Waals surface area (Å²) in [5, 5.41) is 0. The fourth-order valence-electron chi connectivity index (χ4n) is 4.75. The molecule has 0 bridgehead atoms. The van der Waals surface area contributed by atoms with E-state index in [9.17, 15) is 12.6 Å². The number of nitrogens with zero attached hydrogens (tertiary/aromatic N) is 2. The van der Waals surface area contributed by atoms with Crippen LogP contribution in [-0.2, 0) is 25.4 Å². The molecular formula is C22H29N3O3S2. The van der Waals surface area contributed by atoms with Crippen molar-refractivity contribution in [3.05, 3.63) is 53.6 Å². The maximum absolute atomic E-state index is 13.6. The minimum Gasteiger partial charge on any atom is -0.265 e. The highest BCUT2D eigenvalue weighted by molar-refractivity contribution is 7.93. The largest absolute Gasteiger partial charge is 0.265 e. The second-order valence-corrected chi connectivity index (χ2v) is 12.8. The molecule has 8 heteroatoms. The minimum atomic E-state index is -3.76. The molecule has 2 aliphatic rings. The topological polar surface area (TPSA) is 81.5 Å². The Morgan fingerprint density at radius 3 is 2.13 bits per heavy atom. The van der Waals surface area contributed by atoms with E-state index in [0.29, 0.717) is 11.4 Å². The summed E-state index contributed by atoms with van der Waals surface area (Å²) >= 11 is 0. The van der Waals surface area contributed by atoms with E-state index in [2.05, 4.69) is 12.1 Å². The number of benzene rings is 2. The molecule has 1 heterocycles. The number of nitrogens with one attached hydrogen (secondary N) is 1. The third-order valence-corrected chi connectivity index (χ3v) is 10.2. The second kappa shape index (κ2) is 7.35. The molecule has 2 aromatic rings. The van der Waals surface area contributed by atoms with Gasteiger partial charge in [-0.1, -0.05) is 31.4 Å². The van der Waals surface area contributed by atoms with Crippen LogP contribution in [-0.4, -0.2) is 37.6 Å². The van der Waals surface area contributed by atoms with Crippen LogP contribution in [0.5, 0.6) is 0 Å². The van der Waals surface area contributed by atoms with Crippen molar-refractivity contribution in [3.63, 3.8) is 0 Å². The molecule has 1 aliphatic carbocycles. The third-order valence-electron chi connectivity index (χ3n) is 6.50. The van der Waals surface area contributed by atoms with E-state index < -0.39 is 19.9 Å². The molecule has 1 spiro atoms. The molecule has 4 rings (SSSR count). The van der Waals surface area contributed by atoms with Crippen LogP contribution in [0.1, 0.15) is 43.2 Å². The van der Waals surface area contributed by atoms with Gasteiger partial charge in [0.1, 0.15) is 9.92 Å². The monoisotopic (exact) mass is 447 g/mol. The van der Waals surface area contributed by atoms with Crippen molar-refractivity contribution in [1.29, 1.82) is 4.78 Å². The molecule has 6 nitrogen and oxygen atoms in total. The van der Waals surface area contributed by atoms with Gasteiger partial charge in [-0.3, -0.25) is 4.31 Å². The van der Waals surface area contributed by atoms with E-state index in [-0.39, 0.29) is 10.3 Å². The van der Waals surface area contributed by atoms with Crippen molar-refractivity contribution in [1.82, 2.24) is 4.31 Å². The van der Waals surface area contributed by atoms with Crippen molar-refractivity contribution < 1.29 is 12.6 Å². The molecule has 0 radical (unpaired) electrons. The molecule has 1 saturated carbocycles. The first-order chi connectivity index (χ1) is 14.1. The molecule has 0 aromatic heterocycles. The number of hydrogen-bond acceptors (Lipinski definition) is 4. The molecule has 30 heavy (non-hydrogen) atoms. The maximum atomic E-state index is 13.6. The van der Waals surface area contributed by atoms with Crippen molar-refractivity contribution in [2.75, 3.05) is 24.9 Å². The summed E-state index contributed by atoms with van der Waals surface area (Å²) in [7, 11) is -3.72. The summed E-state index contributed by atoms with van der Waals surface area (Å²) in [6.45, 7) is 2.46. The van der Waals surface area contributed by atoms with Gasteiger partial charge in [0.25, 0.3) is 10.0 Å². The van der Waals surface area contributed by atoms with Crippen LogP contribution in [0, 0.1) is 11.7 Å². The van der Waals surface area contributed by atoms with Crippen molar-refractivity contribution in [2.45, 2.75) is 54.2 Å². The zero-order valence-corrected chi connectivity index (χ0v) is 19.4. The van der Waals surface area contributed by atoms with Gasteiger partial charge in [-0.2, -0.15) is 0 Å². The van der Waals surface area contributed by atoms with Gasteiger partial charge in [0.2, 0.25) is 0 Å². The van der Waals surface area contributed by atoms with Crippen LogP contribution in [0.4, 0.5) is 5.69 Å². The van der Waals surface area contributed by atoms with Gasteiger partial charge < -0.3 is 0 Å². The van der Waals surface area contributed by atoms with Crippen LogP contribution < -0.4 is 4.31 Å². The number of rotatable bonds is 4. The Kier molecular flexibility index (Phi) is 5.23. The molecule has 1 atom stereocenters. The van der Waals surface area contributed by atoms with Crippen molar-refractivity contribution in [2.24, 2.45) is 0 Å². The number of fused-ring (bicyclic) bond motifs is 2. The number of aryl methyl sites for hydroxylation is 1. The summed E-state index contributed by atoms with van der Waals surface area (Å²) in [4.78, 5) is 0.466. The number of sulfonamides is 1. The van der Waals surface area contributed by atoms with Crippen LogP contribution in [0.2, 0.25) is 0 Å². The van der Waals surface area contributed by atoms with Crippen LogP contribution in [0.3, 0.4) is 0 Å². The first-order valence-corrected chi connectivity index (χ1v) is 13.2. The van der Waals surface area contributed by atoms with Crippen molar-refractivity contribution in [3.8, 4) is 0 Å². The maximum Gasteiger partial charge on any atom is 0.264 e. The predicted molar refractivity (Wildman–Crippen MR) is 120 cm³/mol. The van der Waals surface area contributed by atoms with Gasteiger partial charge >= 0.3 is 0 Å². The Balaban J connectivity index is 1.76. The molecule has 162 valence electrons. The normalized spacial score (nSPS) is 20.3. The molecule has 1 unspecified atom stereocenters. The van der Waals surface area contributed by atoms with E-state index in [0.717, 1.165) is 42.5 Å². The predicted octanol–water partition coefficient (Wildman–Crippen LogP) is 4.29. The van der Waals surface area contributed by atoms with Gasteiger partial charge in [0.15, 0.2) is 0 Å². The highest BCUT2D eigenvalue weighted by Gasteiger charge is 2.47. The molecule has 2 aromatic carbocycles. The molecular weight excluding hydrogens is 418 g/mol. The SMILES string of the molecule is Cc1ccc2c(c1)N(S(=O)(=O)c1ccc(S(=N)(=O)N(C)C)cc1)CC21CCCCC1. The second-order valence-electron chi connectivity index (χ2n) is 8.68. The van der Waals surface area contributed by atoms with Gasteiger partial charge in [0.05, 0.1) is 15.5 Å². The van der Waals surface area contributed by atoms with E-state index in [1.54, 1.807) is 18.4 Å². The molecule has 1 fully saturated rings. The lowest BCUT2D eigenvalue weighted by atomic mass is 9.71. The van der Waals surface area contributed by atoms with Crippen molar-refractivity contribution >= 4 is 25.6 Å². The average Bonchev–Trinajstić information content (AvgIpc) is 3.02. The average molecular weight is 448 g/mol. The zero-order chi connectivity index (χ0) is 21.7. The fraction of sp³-hybridized carbons (Fsp3) is 0.455. The van der Waals surface area contributed by atoms with Crippen LogP contribution in [0.25, 0.3) is 0 Å². The van der Waals surface area contributed by atoms with Gasteiger partial charge in [-0.25, -0.2) is 21.7 Å². The van der Waals surface area contributed by atoms with Gasteiger partial charge in [0, 0.05) is 26.1 Å². The first kappa shape index (κ1) is 21.3. The Morgan fingerprint density at radius 1 is 0.933 bits per heavy atom. The first-order valence-electron chi connectivity index (χ1n) is 10.3. The van der Waals surface area contributed by atoms with E-state index >= 15 is 0 Å². The summed E-state index contributed by atoms with van der Waals surface area (Å²) in [6.07, 6.45) is 5.47. The van der Waals surface area contributed by atoms with Gasteiger partial charge in [-0.05, 0) is 61.2 Å². The highest BCUT2D eigenvalue weighted by atomic mass is 32.2. The lowest BCUT2D eigenvalue weighted by Crippen LogP contribution is -2.38. The fourth-order valence-corrected chi connectivity index (χ4v) is 7.23. The number of anilines is 1. The molecule has 1 aliphatic heterocycles. The Bertz CT molecular complexity index is 1160. The van der Waals surface area contributed by atoms with Gasteiger partial charge in [-0.15, -0.1) is 0 Å². The third kappa shape index (κ3) is 3.35. The molecule has 0 amide bonds. The highest BCUT2D eigenvalue weighted by Crippen LogP contribution is 2.50. The Hall–Kier alpha value is -1.90. The lowest BCUT2D eigenvalue weighted by Gasteiger charge is -2.34. The smallest absolute Gasteiger partial charge is 0.264 e. The summed E-state index contributed by atoms with van der Waals surface area (Å²) < 4.78 is 50.8. The Morgan fingerprint density at radius 2 is 1.53 bits per heavy atom. The molecule has 1 N–H and O–H groups in total. The van der Waals surface area contributed by atoms with E-state index in [4.69, 9.17) is 4.78 Å². The van der Waals surface area contributed by atoms with E-state index in [1.807, 2.05) is 13.0 Å². The quantitative estimate of drug-likeness (QED) is 0.759. The summed E-state index contributed by atoms with van der Waals surface area (Å²) in [5.74, 6) is 0. The van der Waals surface area contributed by atoms with Crippen LogP contribution in [0.15, 0.2) is 52.3 Å². The lowest BCUT2D eigenvalue weighted by molar-refractivity contribution is 0.315. The standard InChI is InChI=1S/C22H29N3O3S2/c1-17-7-12-20-21(15-17)25(16-22(20)13-5-4-6-14-22)30(27,28)19-10-8-18(9-11-19)29(23,26)24(2)3/h7-12,15,23H,4-6,13-14,16H2,1-3H3.